The Labute approximate surface area is 61.1 Å². The van der Waals surface area contributed by atoms with Gasteiger partial charge >= 0.3 is 0 Å². The maximum absolute atomic E-state index is 9.27. The lowest BCUT2D eigenvalue weighted by Gasteiger charge is -2.14. The zero-order chi connectivity index (χ0) is 7.40. The van der Waals surface area contributed by atoms with Gasteiger partial charge in [0.25, 0.3) is 0 Å². The summed E-state index contributed by atoms with van der Waals surface area (Å²) in [5, 5.41) is 20.8. The summed E-state index contributed by atoms with van der Waals surface area (Å²) in [7, 11) is 0. The molecule has 0 aromatic carbocycles. The van der Waals surface area contributed by atoms with Crippen LogP contribution < -0.4 is 5.32 Å². The van der Waals surface area contributed by atoms with Crippen LogP contribution in [0.4, 0.5) is 0 Å². The van der Waals surface area contributed by atoms with Gasteiger partial charge in [0, 0.05) is 12.6 Å². The van der Waals surface area contributed by atoms with Crippen molar-refractivity contribution < 1.29 is 10.2 Å². The average Bonchev–Trinajstić information content (AvgIpc) is 2.31. The zero-order valence-electron chi connectivity index (χ0n) is 6.08. The van der Waals surface area contributed by atoms with Crippen molar-refractivity contribution in [2.75, 3.05) is 13.2 Å². The van der Waals surface area contributed by atoms with Crippen molar-refractivity contribution in [3.8, 4) is 0 Å². The molecule has 0 amide bonds. The van der Waals surface area contributed by atoms with Gasteiger partial charge in [0.15, 0.2) is 0 Å². The lowest BCUT2D eigenvalue weighted by molar-refractivity contribution is 0.145. The normalized spacial score (nSPS) is 33.0. The molecule has 1 fully saturated rings. The molecular weight excluding hydrogens is 130 g/mol. The van der Waals surface area contributed by atoms with Crippen molar-refractivity contribution in [1.29, 1.82) is 0 Å². The number of hydrogen-bond acceptors (Lipinski definition) is 3. The fourth-order valence-electron chi connectivity index (χ4n) is 1.43. The molecule has 0 aromatic heterocycles. The predicted octanol–water partition coefficient (Wildman–Crippen LogP) is -0.518. The van der Waals surface area contributed by atoms with Crippen molar-refractivity contribution in [1.82, 2.24) is 5.32 Å². The van der Waals surface area contributed by atoms with Crippen molar-refractivity contribution in [2.45, 2.75) is 31.4 Å². The highest BCUT2D eigenvalue weighted by molar-refractivity contribution is 4.82. The van der Waals surface area contributed by atoms with Gasteiger partial charge in [-0.25, -0.2) is 0 Å². The molecule has 10 heavy (non-hydrogen) atoms. The molecule has 3 nitrogen and oxygen atoms in total. The first-order valence-electron chi connectivity index (χ1n) is 3.87. The number of hydrogen-bond donors (Lipinski definition) is 3. The van der Waals surface area contributed by atoms with Crippen molar-refractivity contribution in [3.63, 3.8) is 0 Å². The molecule has 2 unspecified atom stereocenters. The van der Waals surface area contributed by atoms with Crippen LogP contribution in [0.15, 0.2) is 0 Å². The van der Waals surface area contributed by atoms with Gasteiger partial charge in [-0.05, 0) is 19.3 Å². The molecule has 0 aliphatic heterocycles. The largest absolute Gasteiger partial charge is 0.395 e. The molecule has 0 saturated heterocycles. The van der Waals surface area contributed by atoms with E-state index in [1.165, 1.54) is 0 Å². The molecule has 2 atom stereocenters. The molecule has 3 heteroatoms. The van der Waals surface area contributed by atoms with E-state index in [4.69, 9.17) is 5.11 Å². The zero-order valence-corrected chi connectivity index (χ0v) is 6.08. The predicted molar refractivity (Wildman–Crippen MR) is 38.7 cm³/mol. The Morgan fingerprint density at radius 2 is 2.20 bits per heavy atom. The molecule has 1 saturated carbocycles. The van der Waals surface area contributed by atoms with Crippen LogP contribution in [0.3, 0.4) is 0 Å². The molecule has 3 N–H and O–H groups in total. The van der Waals surface area contributed by atoms with Gasteiger partial charge in [0.05, 0.1) is 12.7 Å². The van der Waals surface area contributed by atoms with Gasteiger partial charge in [0.1, 0.15) is 0 Å². The minimum absolute atomic E-state index is 0.156. The molecule has 0 spiro atoms. The van der Waals surface area contributed by atoms with E-state index in [9.17, 15) is 5.11 Å². The molecule has 1 aliphatic carbocycles. The fourth-order valence-corrected chi connectivity index (χ4v) is 1.43. The van der Waals surface area contributed by atoms with Crippen LogP contribution in [0.5, 0.6) is 0 Å². The number of aliphatic hydroxyl groups is 2. The number of aliphatic hydroxyl groups excluding tert-OH is 2. The summed E-state index contributed by atoms with van der Waals surface area (Å²) in [4.78, 5) is 0. The molecule has 60 valence electrons. The second kappa shape index (κ2) is 3.91. The lowest BCUT2D eigenvalue weighted by atomic mass is 10.2. The van der Waals surface area contributed by atoms with Crippen LogP contribution in [-0.2, 0) is 0 Å². The molecule has 1 aliphatic rings. The van der Waals surface area contributed by atoms with E-state index < -0.39 is 0 Å². The Bertz CT molecular complexity index is 97.6. The first kappa shape index (κ1) is 7.98. The fraction of sp³-hybridized carbons (Fsp3) is 1.00. The summed E-state index contributed by atoms with van der Waals surface area (Å²) < 4.78 is 0. The third-order valence-corrected chi connectivity index (χ3v) is 2.00. The third kappa shape index (κ3) is 1.94. The van der Waals surface area contributed by atoms with Gasteiger partial charge in [0.2, 0.25) is 0 Å². The summed E-state index contributed by atoms with van der Waals surface area (Å²) in [5.41, 5.74) is 0. The Morgan fingerprint density at radius 3 is 2.70 bits per heavy atom. The summed E-state index contributed by atoms with van der Waals surface area (Å²) in [6.07, 6.45) is 2.86. The molecule has 0 radical (unpaired) electrons. The molecule has 0 bridgehead atoms. The Balaban J connectivity index is 2.14. The second-order valence-electron chi connectivity index (χ2n) is 2.78. The van der Waals surface area contributed by atoms with Crippen molar-refractivity contribution in [2.24, 2.45) is 0 Å². The Kier molecular flexibility index (Phi) is 3.12. The van der Waals surface area contributed by atoms with Crippen molar-refractivity contribution in [3.05, 3.63) is 0 Å². The second-order valence-corrected chi connectivity index (χ2v) is 2.78. The first-order chi connectivity index (χ1) is 4.84. The highest BCUT2D eigenvalue weighted by atomic mass is 16.3. The van der Waals surface area contributed by atoms with Crippen LogP contribution in [0.25, 0.3) is 0 Å². The Morgan fingerprint density at radius 1 is 1.40 bits per heavy atom. The van der Waals surface area contributed by atoms with E-state index in [2.05, 4.69) is 5.32 Å². The quantitative estimate of drug-likeness (QED) is 0.501. The number of rotatable bonds is 3. The first-order valence-corrected chi connectivity index (χ1v) is 3.87. The highest BCUT2D eigenvalue weighted by Gasteiger charge is 2.23. The topological polar surface area (TPSA) is 52.5 Å². The standard InChI is InChI=1S/C7H15NO2/c9-5-4-8-6-2-1-3-7(6)10/h6-10H,1-5H2. The van der Waals surface area contributed by atoms with E-state index in [-0.39, 0.29) is 18.8 Å². The summed E-state index contributed by atoms with van der Waals surface area (Å²) in [6, 6.07) is 0.229. The summed E-state index contributed by atoms with van der Waals surface area (Å²) in [5.74, 6) is 0. The van der Waals surface area contributed by atoms with E-state index in [0.717, 1.165) is 19.3 Å². The van der Waals surface area contributed by atoms with Crippen LogP contribution in [0.2, 0.25) is 0 Å². The van der Waals surface area contributed by atoms with Crippen molar-refractivity contribution >= 4 is 0 Å². The molecule has 0 heterocycles. The van der Waals surface area contributed by atoms with Crippen LogP contribution in [0.1, 0.15) is 19.3 Å². The summed E-state index contributed by atoms with van der Waals surface area (Å²) in [6.45, 7) is 0.755. The molecule has 0 aromatic rings. The van der Waals surface area contributed by atoms with E-state index >= 15 is 0 Å². The molecular formula is C7H15NO2. The summed E-state index contributed by atoms with van der Waals surface area (Å²) >= 11 is 0. The maximum atomic E-state index is 9.27. The smallest absolute Gasteiger partial charge is 0.0693 e. The lowest BCUT2D eigenvalue weighted by Crippen LogP contribution is -2.37. The minimum Gasteiger partial charge on any atom is -0.395 e. The van der Waals surface area contributed by atoms with E-state index in [1.807, 2.05) is 0 Å². The average molecular weight is 145 g/mol. The monoisotopic (exact) mass is 145 g/mol. The van der Waals surface area contributed by atoms with Crippen LogP contribution in [-0.4, -0.2) is 35.5 Å². The van der Waals surface area contributed by atoms with Gasteiger partial charge in [-0.2, -0.15) is 0 Å². The molecule has 1 rings (SSSR count). The van der Waals surface area contributed by atoms with E-state index in [0.29, 0.717) is 6.54 Å². The minimum atomic E-state index is -0.188. The van der Waals surface area contributed by atoms with Gasteiger partial charge in [-0.15, -0.1) is 0 Å². The SMILES string of the molecule is OCCNC1CCCC1O. The van der Waals surface area contributed by atoms with E-state index in [1.54, 1.807) is 0 Å². The van der Waals surface area contributed by atoms with Crippen LogP contribution in [0, 0.1) is 0 Å². The number of nitrogens with one attached hydrogen (secondary N) is 1. The van der Waals surface area contributed by atoms with Gasteiger partial charge in [-0.1, -0.05) is 0 Å². The Hall–Kier alpha value is -0.120. The van der Waals surface area contributed by atoms with Crippen LogP contribution >= 0.6 is 0 Å². The maximum Gasteiger partial charge on any atom is 0.0693 e. The third-order valence-electron chi connectivity index (χ3n) is 2.00. The van der Waals surface area contributed by atoms with Gasteiger partial charge in [-0.3, -0.25) is 0 Å². The highest BCUT2D eigenvalue weighted by Crippen LogP contribution is 2.18. The van der Waals surface area contributed by atoms with Gasteiger partial charge < -0.3 is 15.5 Å².